The van der Waals surface area contributed by atoms with E-state index >= 15 is 0 Å². The highest BCUT2D eigenvalue weighted by molar-refractivity contribution is 14.1. The lowest BCUT2D eigenvalue weighted by atomic mass is 9.95. The molecule has 0 aliphatic rings. The van der Waals surface area contributed by atoms with E-state index in [0.29, 0.717) is 12.8 Å². The predicted molar refractivity (Wildman–Crippen MR) is 57.2 cm³/mol. The number of hydrogen-bond donors (Lipinski definition) is 0. The highest BCUT2D eigenvalue weighted by atomic mass is 127. The molecule has 0 heterocycles. The third kappa shape index (κ3) is 6.57. The minimum absolute atomic E-state index is 0.577. The summed E-state index contributed by atoms with van der Waals surface area (Å²) < 4.78 is 35.9. The molecule has 0 aromatic rings. The van der Waals surface area contributed by atoms with E-state index in [-0.39, 0.29) is 0 Å². The molecule has 0 saturated heterocycles. The normalized spacial score (nSPS) is 17.1. The van der Waals surface area contributed by atoms with Crippen molar-refractivity contribution in [2.75, 3.05) is 0 Å². The Hall–Kier alpha value is 0.520. The van der Waals surface area contributed by atoms with E-state index in [2.05, 4.69) is 0 Å². The highest BCUT2D eigenvalue weighted by Gasteiger charge is 2.38. The molecule has 80 valence electrons. The molecule has 0 N–H and O–H groups in total. The van der Waals surface area contributed by atoms with E-state index < -0.39 is 16.0 Å². The number of hydrogen-bond acceptors (Lipinski definition) is 0. The van der Waals surface area contributed by atoms with Gasteiger partial charge < -0.3 is 0 Å². The van der Waals surface area contributed by atoms with Gasteiger partial charge in [0.25, 0.3) is 0 Å². The Morgan fingerprint density at radius 1 is 1.15 bits per heavy atom. The zero-order valence-corrected chi connectivity index (χ0v) is 10.2. The fourth-order valence-electron chi connectivity index (χ4n) is 1.24. The molecule has 0 spiro atoms. The fraction of sp³-hybridized carbons (Fsp3) is 1.00. The van der Waals surface area contributed by atoms with Crippen LogP contribution in [-0.4, -0.2) is 9.60 Å². The van der Waals surface area contributed by atoms with E-state index in [1.165, 1.54) is 0 Å². The predicted octanol–water partition coefficient (Wildman–Crippen LogP) is 4.71. The van der Waals surface area contributed by atoms with Gasteiger partial charge in [-0.1, -0.05) is 49.3 Å². The van der Waals surface area contributed by atoms with Gasteiger partial charge in [-0.25, -0.2) is 0 Å². The van der Waals surface area contributed by atoms with Crippen LogP contribution in [0.15, 0.2) is 0 Å². The van der Waals surface area contributed by atoms with Crippen LogP contribution in [0, 0.1) is 0 Å². The molecular formula is C9H16F3I. The first-order valence-corrected chi connectivity index (χ1v) is 5.66. The van der Waals surface area contributed by atoms with Crippen LogP contribution < -0.4 is 0 Å². The van der Waals surface area contributed by atoms with Gasteiger partial charge in [0.15, 0.2) is 0 Å². The van der Waals surface area contributed by atoms with Crippen LogP contribution in [-0.2, 0) is 0 Å². The Labute approximate surface area is 91.4 Å². The zero-order valence-electron chi connectivity index (χ0n) is 8.05. The van der Waals surface area contributed by atoms with Crippen molar-refractivity contribution < 1.29 is 13.2 Å². The van der Waals surface area contributed by atoms with Crippen molar-refractivity contribution in [3.05, 3.63) is 0 Å². The lowest BCUT2D eigenvalue weighted by molar-refractivity contribution is -0.140. The first-order valence-electron chi connectivity index (χ1n) is 4.58. The average molecular weight is 308 g/mol. The van der Waals surface area contributed by atoms with E-state index in [0.717, 1.165) is 12.8 Å². The van der Waals surface area contributed by atoms with Crippen molar-refractivity contribution in [2.24, 2.45) is 0 Å². The van der Waals surface area contributed by atoms with Crippen molar-refractivity contribution in [3.63, 3.8) is 0 Å². The molecule has 0 saturated carbocycles. The molecule has 0 radical (unpaired) electrons. The largest absolute Gasteiger partial charge is 0.390 e. The van der Waals surface area contributed by atoms with Crippen LogP contribution in [0.1, 0.15) is 46.0 Å². The maximum atomic E-state index is 12.2. The molecule has 4 heteroatoms. The fourth-order valence-corrected chi connectivity index (χ4v) is 2.06. The molecular weight excluding hydrogens is 292 g/mol. The Morgan fingerprint density at radius 3 is 2.00 bits per heavy atom. The highest BCUT2D eigenvalue weighted by Crippen LogP contribution is 2.39. The summed E-state index contributed by atoms with van der Waals surface area (Å²) in [5.41, 5.74) is 0. The average Bonchev–Trinajstić information content (AvgIpc) is 1.98. The Morgan fingerprint density at radius 2 is 1.69 bits per heavy atom. The maximum Gasteiger partial charge on any atom is 0.390 e. The lowest BCUT2D eigenvalue weighted by Gasteiger charge is -2.27. The van der Waals surface area contributed by atoms with E-state index in [1.807, 2.05) is 36.4 Å². The van der Waals surface area contributed by atoms with Gasteiger partial charge in [0.05, 0.1) is 6.42 Å². The van der Waals surface area contributed by atoms with Gasteiger partial charge in [-0.05, 0) is 12.8 Å². The molecule has 0 aliphatic heterocycles. The summed E-state index contributed by atoms with van der Waals surface area (Å²) in [5.74, 6) is 0. The van der Waals surface area contributed by atoms with Crippen molar-refractivity contribution in [2.45, 2.75) is 55.5 Å². The third-order valence-electron chi connectivity index (χ3n) is 2.13. The van der Waals surface area contributed by atoms with E-state index in [1.54, 1.807) is 0 Å². The first-order chi connectivity index (χ1) is 5.83. The monoisotopic (exact) mass is 308 g/mol. The second-order valence-electron chi connectivity index (χ2n) is 3.40. The number of halogens is 4. The standard InChI is InChI=1S/C9H16F3I/c1-3-5-6-8(13,4-2)7-9(10,11)12/h3-7H2,1-2H3. The van der Waals surface area contributed by atoms with Gasteiger partial charge >= 0.3 is 6.18 Å². The second kappa shape index (κ2) is 5.41. The third-order valence-corrected chi connectivity index (χ3v) is 3.81. The quantitative estimate of drug-likeness (QED) is 0.509. The lowest BCUT2D eigenvalue weighted by Crippen LogP contribution is -2.27. The van der Waals surface area contributed by atoms with E-state index in [9.17, 15) is 13.2 Å². The van der Waals surface area contributed by atoms with Crippen LogP contribution >= 0.6 is 22.6 Å². The summed E-state index contributed by atoms with van der Waals surface area (Å²) in [7, 11) is 0. The van der Waals surface area contributed by atoms with Crippen molar-refractivity contribution in [1.82, 2.24) is 0 Å². The molecule has 0 amide bonds. The van der Waals surface area contributed by atoms with Crippen LogP contribution in [0.25, 0.3) is 0 Å². The number of unbranched alkanes of at least 4 members (excludes halogenated alkanes) is 1. The molecule has 0 aromatic heterocycles. The first kappa shape index (κ1) is 13.5. The molecule has 13 heavy (non-hydrogen) atoms. The topological polar surface area (TPSA) is 0 Å². The van der Waals surface area contributed by atoms with Gasteiger partial charge in [0.1, 0.15) is 0 Å². The van der Waals surface area contributed by atoms with Gasteiger partial charge in [-0.2, -0.15) is 13.2 Å². The molecule has 1 atom stereocenters. The number of alkyl halides is 4. The summed E-state index contributed by atoms with van der Waals surface area (Å²) >= 11 is 1.97. The van der Waals surface area contributed by atoms with Crippen LogP contribution in [0.2, 0.25) is 0 Å². The molecule has 0 aliphatic carbocycles. The summed E-state index contributed by atoms with van der Waals surface area (Å²) in [6.45, 7) is 3.83. The minimum atomic E-state index is -4.02. The summed E-state index contributed by atoms with van der Waals surface area (Å²) in [4.78, 5) is 0. The minimum Gasteiger partial charge on any atom is -0.171 e. The van der Waals surface area contributed by atoms with Gasteiger partial charge in [0.2, 0.25) is 0 Å². The van der Waals surface area contributed by atoms with Gasteiger partial charge in [0, 0.05) is 3.42 Å². The van der Waals surface area contributed by atoms with Crippen molar-refractivity contribution in [1.29, 1.82) is 0 Å². The second-order valence-corrected chi connectivity index (χ2v) is 5.69. The SMILES string of the molecule is CCCCC(I)(CC)CC(F)(F)F. The Bertz CT molecular complexity index is 144. The van der Waals surface area contributed by atoms with Gasteiger partial charge in [-0.15, -0.1) is 0 Å². The number of rotatable bonds is 5. The van der Waals surface area contributed by atoms with Crippen LogP contribution in [0.5, 0.6) is 0 Å². The maximum absolute atomic E-state index is 12.2. The summed E-state index contributed by atoms with van der Waals surface area (Å²) in [5, 5.41) is 0. The molecule has 0 nitrogen and oxygen atoms in total. The summed E-state index contributed by atoms with van der Waals surface area (Å²) in [6, 6.07) is 0. The van der Waals surface area contributed by atoms with Crippen LogP contribution in [0.3, 0.4) is 0 Å². The molecule has 0 bridgehead atoms. The molecule has 0 fully saturated rings. The van der Waals surface area contributed by atoms with Crippen molar-refractivity contribution in [3.8, 4) is 0 Å². The van der Waals surface area contributed by atoms with Crippen LogP contribution in [0.4, 0.5) is 13.2 Å². The summed E-state index contributed by atoms with van der Waals surface area (Å²) in [6.07, 6.45) is -1.58. The molecule has 0 aromatic carbocycles. The van der Waals surface area contributed by atoms with Gasteiger partial charge in [-0.3, -0.25) is 0 Å². The van der Waals surface area contributed by atoms with E-state index in [4.69, 9.17) is 0 Å². The zero-order chi connectivity index (χ0) is 10.5. The molecule has 0 rings (SSSR count). The molecule has 1 unspecified atom stereocenters. The smallest absolute Gasteiger partial charge is 0.171 e. The van der Waals surface area contributed by atoms with Crippen molar-refractivity contribution >= 4 is 22.6 Å². The Balaban J connectivity index is 4.11. The Kier molecular flexibility index (Phi) is 5.63.